The highest BCUT2D eigenvalue weighted by Gasteiger charge is 2.32. The van der Waals surface area contributed by atoms with E-state index < -0.39 is 5.97 Å². The Kier molecular flexibility index (Phi) is 4.60. The van der Waals surface area contributed by atoms with Gasteiger partial charge in [0.2, 0.25) is 0 Å². The van der Waals surface area contributed by atoms with E-state index >= 15 is 0 Å². The number of rotatable bonds is 7. The van der Waals surface area contributed by atoms with E-state index in [0.29, 0.717) is 13.0 Å². The molecule has 110 valence electrons. The number of aliphatic carboxylic acids is 1. The van der Waals surface area contributed by atoms with Gasteiger partial charge in [0.1, 0.15) is 0 Å². The second kappa shape index (κ2) is 6.40. The van der Waals surface area contributed by atoms with E-state index in [0.717, 1.165) is 18.5 Å². The van der Waals surface area contributed by atoms with Crippen molar-refractivity contribution in [3.63, 3.8) is 0 Å². The number of carbonyl (C=O) groups excluding carboxylic acids is 1. The van der Waals surface area contributed by atoms with Gasteiger partial charge < -0.3 is 15.3 Å². The van der Waals surface area contributed by atoms with Crippen molar-refractivity contribution in [1.29, 1.82) is 0 Å². The zero-order valence-electron chi connectivity index (χ0n) is 11.6. The summed E-state index contributed by atoms with van der Waals surface area (Å²) in [6.07, 6.45) is 4.45. The second-order valence-corrected chi connectivity index (χ2v) is 5.03. The van der Waals surface area contributed by atoms with Crippen LogP contribution in [-0.2, 0) is 18.3 Å². The van der Waals surface area contributed by atoms with Crippen molar-refractivity contribution in [3.8, 4) is 0 Å². The predicted octanol–water partition coefficient (Wildman–Crippen LogP) is 0.611. The lowest BCUT2D eigenvalue weighted by Crippen LogP contribution is -2.43. The third kappa shape index (κ3) is 4.25. The molecule has 1 saturated carbocycles. The summed E-state index contributed by atoms with van der Waals surface area (Å²) in [5.41, 5.74) is 0.927. The Morgan fingerprint density at radius 1 is 1.55 bits per heavy atom. The van der Waals surface area contributed by atoms with Crippen LogP contribution in [0.1, 0.15) is 25.0 Å². The van der Waals surface area contributed by atoms with Gasteiger partial charge in [-0.1, -0.05) is 0 Å². The molecule has 1 aliphatic rings. The average Bonchev–Trinajstić information content (AvgIpc) is 3.13. The number of aromatic nitrogens is 2. The van der Waals surface area contributed by atoms with E-state index in [1.807, 2.05) is 19.3 Å². The van der Waals surface area contributed by atoms with E-state index in [1.54, 1.807) is 9.58 Å². The number of carbonyl (C=O) groups is 2. The maximum absolute atomic E-state index is 12.0. The molecule has 7 heteroatoms. The SMILES string of the molecule is Cn1ccc(CCNC(=O)N(CCC(=O)O)C2CC2)n1. The van der Waals surface area contributed by atoms with E-state index in [-0.39, 0.29) is 25.0 Å². The highest BCUT2D eigenvalue weighted by Crippen LogP contribution is 2.26. The van der Waals surface area contributed by atoms with Gasteiger partial charge in [0, 0.05) is 38.8 Å². The molecule has 0 radical (unpaired) electrons. The molecule has 2 N–H and O–H groups in total. The molecule has 1 aromatic heterocycles. The van der Waals surface area contributed by atoms with Crippen LogP contribution in [-0.4, -0.2) is 50.9 Å². The van der Waals surface area contributed by atoms with Gasteiger partial charge in [0.15, 0.2) is 0 Å². The maximum Gasteiger partial charge on any atom is 0.317 e. The monoisotopic (exact) mass is 280 g/mol. The van der Waals surface area contributed by atoms with E-state index in [9.17, 15) is 9.59 Å². The van der Waals surface area contributed by atoms with Gasteiger partial charge >= 0.3 is 12.0 Å². The van der Waals surface area contributed by atoms with Crippen LogP contribution in [0.3, 0.4) is 0 Å². The number of aryl methyl sites for hydroxylation is 1. The summed E-state index contributed by atoms with van der Waals surface area (Å²) in [5, 5.41) is 15.8. The van der Waals surface area contributed by atoms with E-state index in [1.165, 1.54) is 0 Å². The minimum Gasteiger partial charge on any atom is -0.481 e. The number of hydrogen-bond donors (Lipinski definition) is 2. The molecule has 0 saturated heterocycles. The first-order chi connectivity index (χ1) is 9.56. The van der Waals surface area contributed by atoms with Crippen LogP contribution in [0, 0.1) is 0 Å². The Labute approximate surface area is 117 Å². The van der Waals surface area contributed by atoms with Crippen LogP contribution in [0.15, 0.2) is 12.3 Å². The summed E-state index contributed by atoms with van der Waals surface area (Å²) in [7, 11) is 1.85. The van der Waals surface area contributed by atoms with Gasteiger partial charge in [0.05, 0.1) is 12.1 Å². The van der Waals surface area contributed by atoms with Crippen molar-refractivity contribution in [3.05, 3.63) is 18.0 Å². The van der Waals surface area contributed by atoms with Crippen molar-refractivity contribution in [1.82, 2.24) is 20.0 Å². The van der Waals surface area contributed by atoms with Gasteiger partial charge in [-0.25, -0.2) is 4.79 Å². The number of nitrogens with one attached hydrogen (secondary N) is 1. The zero-order valence-corrected chi connectivity index (χ0v) is 11.6. The molecule has 2 amide bonds. The third-order valence-corrected chi connectivity index (χ3v) is 3.24. The predicted molar refractivity (Wildman–Crippen MR) is 72.3 cm³/mol. The summed E-state index contributed by atoms with van der Waals surface area (Å²) in [4.78, 5) is 24.3. The minimum absolute atomic E-state index is 0.00976. The van der Waals surface area contributed by atoms with Gasteiger partial charge in [-0.2, -0.15) is 5.10 Å². The van der Waals surface area contributed by atoms with Crippen LogP contribution >= 0.6 is 0 Å². The van der Waals surface area contributed by atoms with Crippen molar-refractivity contribution in [2.24, 2.45) is 7.05 Å². The molecule has 1 heterocycles. The molecule has 2 rings (SSSR count). The lowest BCUT2D eigenvalue weighted by atomic mass is 10.3. The smallest absolute Gasteiger partial charge is 0.317 e. The average molecular weight is 280 g/mol. The molecule has 20 heavy (non-hydrogen) atoms. The Morgan fingerprint density at radius 3 is 2.85 bits per heavy atom. The lowest BCUT2D eigenvalue weighted by Gasteiger charge is -2.21. The van der Waals surface area contributed by atoms with Crippen molar-refractivity contribution < 1.29 is 14.7 Å². The molecule has 0 aliphatic heterocycles. The fourth-order valence-corrected chi connectivity index (χ4v) is 2.05. The number of carboxylic acids is 1. The van der Waals surface area contributed by atoms with Crippen LogP contribution in [0.2, 0.25) is 0 Å². The summed E-state index contributed by atoms with van der Waals surface area (Å²) in [6.45, 7) is 0.779. The first kappa shape index (κ1) is 14.4. The van der Waals surface area contributed by atoms with Crippen molar-refractivity contribution >= 4 is 12.0 Å². The first-order valence-electron chi connectivity index (χ1n) is 6.81. The fraction of sp³-hybridized carbons (Fsp3) is 0.615. The number of carboxylic acid groups (broad SMARTS) is 1. The summed E-state index contributed by atoms with van der Waals surface area (Å²) in [6, 6.07) is 1.95. The molecule has 0 bridgehead atoms. The molecule has 0 atom stereocenters. The Balaban J connectivity index is 1.75. The Bertz CT molecular complexity index is 482. The van der Waals surface area contributed by atoms with E-state index in [4.69, 9.17) is 5.11 Å². The van der Waals surface area contributed by atoms with Gasteiger partial charge in [-0.3, -0.25) is 9.48 Å². The van der Waals surface area contributed by atoms with Gasteiger partial charge in [-0.05, 0) is 18.9 Å². The zero-order chi connectivity index (χ0) is 14.5. The third-order valence-electron chi connectivity index (χ3n) is 3.24. The molecule has 1 aromatic rings. The standard InChI is InChI=1S/C13H20N4O3/c1-16-8-5-10(15-16)4-7-14-13(20)17(11-2-3-11)9-6-12(18)19/h5,8,11H,2-4,6-7,9H2,1H3,(H,14,20)(H,18,19). The largest absolute Gasteiger partial charge is 0.481 e. The quantitative estimate of drug-likeness (QED) is 0.766. The summed E-state index contributed by atoms with van der Waals surface area (Å²) < 4.78 is 1.72. The normalized spacial score (nSPS) is 14.1. The number of urea groups is 1. The maximum atomic E-state index is 12.0. The van der Waals surface area contributed by atoms with Gasteiger partial charge in [0.25, 0.3) is 0 Å². The summed E-state index contributed by atoms with van der Waals surface area (Å²) in [5.74, 6) is -0.878. The molecule has 1 fully saturated rings. The highest BCUT2D eigenvalue weighted by atomic mass is 16.4. The van der Waals surface area contributed by atoms with Gasteiger partial charge in [-0.15, -0.1) is 0 Å². The van der Waals surface area contributed by atoms with Crippen molar-refractivity contribution in [2.45, 2.75) is 31.7 Å². The van der Waals surface area contributed by atoms with Crippen LogP contribution in [0.5, 0.6) is 0 Å². The van der Waals surface area contributed by atoms with Crippen LogP contribution in [0.25, 0.3) is 0 Å². The molecule has 0 unspecified atom stereocenters. The number of nitrogens with zero attached hydrogens (tertiary/aromatic N) is 3. The molecular formula is C13H20N4O3. The Morgan fingerprint density at radius 2 is 2.30 bits per heavy atom. The van der Waals surface area contributed by atoms with Crippen molar-refractivity contribution in [2.75, 3.05) is 13.1 Å². The molecule has 0 spiro atoms. The highest BCUT2D eigenvalue weighted by molar-refractivity contribution is 5.76. The molecule has 7 nitrogen and oxygen atoms in total. The van der Waals surface area contributed by atoms with E-state index in [2.05, 4.69) is 10.4 Å². The molecular weight excluding hydrogens is 260 g/mol. The van der Waals surface area contributed by atoms with Crippen LogP contribution < -0.4 is 5.32 Å². The molecule has 0 aromatic carbocycles. The second-order valence-electron chi connectivity index (χ2n) is 5.03. The lowest BCUT2D eigenvalue weighted by molar-refractivity contribution is -0.137. The summed E-state index contributed by atoms with van der Waals surface area (Å²) >= 11 is 0. The Hall–Kier alpha value is -2.05. The fourth-order valence-electron chi connectivity index (χ4n) is 2.05. The number of hydrogen-bond acceptors (Lipinski definition) is 3. The topological polar surface area (TPSA) is 87.5 Å². The minimum atomic E-state index is -0.878. The number of amides is 2. The molecule has 1 aliphatic carbocycles. The van der Waals surface area contributed by atoms with Crippen LogP contribution in [0.4, 0.5) is 4.79 Å². The first-order valence-corrected chi connectivity index (χ1v) is 6.81.